The molecule has 2 atom stereocenters. The van der Waals surface area contributed by atoms with Crippen molar-refractivity contribution in [2.24, 2.45) is 11.8 Å². The third-order valence-electron chi connectivity index (χ3n) is 4.58. The first-order chi connectivity index (χ1) is 8.85. The van der Waals surface area contributed by atoms with Crippen LogP contribution in [-0.2, 0) is 0 Å². The second kappa shape index (κ2) is 6.00. The van der Waals surface area contributed by atoms with Crippen molar-refractivity contribution in [2.75, 3.05) is 19.6 Å². The summed E-state index contributed by atoms with van der Waals surface area (Å²) in [6.07, 6.45) is -2.19. The predicted molar refractivity (Wildman–Crippen MR) is 70.0 cm³/mol. The van der Waals surface area contributed by atoms with Gasteiger partial charge in [0, 0.05) is 31.6 Å². The third kappa shape index (κ3) is 4.35. The molecule has 1 aliphatic carbocycles. The highest BCUT2D eigenvalue weighted by Gasteiger charge is 2.41. The van der Waals surface area contributed by atoms with Gasteiger partial charge in [-0.15, -0.1) is 0 Å². The highest BCUT2D eigenvalue weighted by atomic mass is 19.4. The third-order valence-corrected chi connectivity index (χ3v) is 4.58. The number of hydrogen-bond acceptors (Lipinski definition) is 2. The molecule has 1 heterocycles. The number of nitrogens with zero attached hydrogens (tertiary/aromatic N) is 1. The van der Waals surface area contributed by atoms with E-state index < -0.39 is 12.6 Å². The molecule has 19 heavy (non-hydrogen) atoms. The van der Waals surface area contributed by atoms with E-state index >= 15 is 0 Å². The van der Waals surface area contributed by atoms with Crippen LogP contribution in [0.4, 0.5) is 13.2 Å². The molecule has 0 amide bonds. The van der Waals surface area contributed by atoms with E-state index in [1.807, 2.05) is 0 Å². The Labute approximate surface area is 113 Å². The maximum Gasteiger partial charge on any atom is 0.389 e. The van der Waals surface area contributed by atoms with E-state index in [2.05, 4.69) is 24.1 Å². The van der Waals surface area contributed by atoms with E-state index in [4.69, 9.17) is 0 Å². The molecule has 1 saturated carbocycles. The molecule has 0 bridgehead atoms. The van der Waals surface area contributed by atoms with Gasteiger partial charge in [0.25, 0.3) is 0 Å². The highest BCUT2D eigenvalue weighted by Crippen LogP contribution is 2.38. The van der Waals surface area contributed by atoms with E-state index in [1.165, 1.54) is 13.1 Å². The molecule has 112 valence electrons. The van der Waals surface area contributed by atoms with Gasteiger partial charge >= 0.3 is 6.18 Å². The van der Waals surface area contributed by atoms with E-state index in [0.717, 1.165) is 24.7 Å². The zero-order valence-electron chi connectivity index (χ0n) is 11.8. The molecule has 2 unspecified atom stereocenters. The van der Waals surface area contributed by atoms with Gasteiger partial charge in [-0.25, -0.2) is 0 Å². The van der Waals surface area contributed by atoms with Crippen molar-refractivity contribution in [3.05, 3.63) is 0 Å². The van der Waals surface area contributed by atoms with Gasteiger partial charge in [0.1, 0.15) is 0 Å². The molecule has 5 heteroatoms. The van der Waals surface area contributed by atoms with E-state index in [9.17, 15) is 13.2 Å². The Morgan fingerprint density at radius 1 is 1.16 bits per heavy atom. The topological polar surface area (TPSA) is 15.3 Å². The summed E-state index contributed by atoms with van der Waals surface area (Å²) in [4.78, 5) is 2.52. The van der Waals surface area contributed by atoms with Crippen molar-refractivity contribution >= 4 is 0 Å². The van der Waals surface area contributed by atoms with Crippen LogP contribution in [0.25, 0.3) is 0 Å². The molecule has 1 aliphatic heterocycles. The fraction of sp³-hybridized carbons (Fsp3) is 1.00. The van der Waals surface area contributed by atoms with Crippen LogP contribution in [-0.4, -0.2) is 42.8 Å². The number of nitrogens with one attached hydrogen (secondary N) is 1. The van der Waals surface area contributed by atoms with Crippen LogP contribution in [0.5, 0.6) is 0 Å². The maximum atomic E-state index is 12.0. The average Bonchev–Trinajstić information content (AvgIpc) is 2.80. The molecule has 0 radical (unpaired) electrons. The second-order valence-electron chi connectivity index (χ2n) is 6.41. The van der Waals surface area contributed by atoms with Crippen LogP contribution in [0.1, 0.15) is 39.5 Å². The lowest BCUT2D eigenvalue weighted by Gasteiger charge is -2.23. The Balaban J connectivity index is 1.63. The molecule has 0 aromatic carbocycles. The molecule has 1 N–H and O–H groups in total. The van der Waals surface area contributed by atoms with Gasteiger partial charge in [-0.2, -0.15) is 13.2 Å². The number of rotatable bonds is 5. The molecular weight excluding hydrogens is 253 g/mol. The normalized spacial score (nSPS) is 32.2. The summed E-state index contributed by atoms with van der Waals surface area (Å²) in [5.41, 5.74) is 0. The lowest BCUT2D eigenvalue weighted by molar-refractivity contribution is -0.135. The highest BCUT2D eigenvalue weighted by molar-refractivity contribution is 4.95. The second-order valence-corrected chi connectivity index (χ2v) is 6.41. The van der Waals surface area contributed by atoms with Crippen molar-refractivity contribution in [3.63, 3.8) is 0 Å². The number of fused-ring (bicyclic) bond motifs is 1. The molecule has 2 nitrogen and oxygen atoms in total. The summed E-state index contributed by atoms with van der Waals surface area (Å²) >= 11 is 0. The molecule has 0 aromatic rings. The van der Waals surface area contributed by atoms with Crippen molar-refractivity contribution in [1.82, 2.24) is 10.2 Å². The minimum absolute atomic E-state index is 0.202. The van der Waals surface area contributed by atoms with Gasteiger partial charge in [0.2, 0.25) is 0 Å². The molecular formula is C14H25F3N2. The Hall–Kier alpha value is -0.290. The Kier molecular flexibility index (Phi) is 4.77. The molecule has 1 saturated heterocycles. The largest absolute Gasteiger partial charge is 0.389 e. The van der Waals surface area contributed by atoms with Crippen LogP contribution in [0.2, 0.25) is 0 Å². The van der Waals surface area contributed by atoms with Crippen molar-refractivity contribution in [1.29, 1.82) is 0 Å². The van der Waals surface area contributed by atoms with Gasteiger partial charge in [-0.05, 0) is 51.5 Å². The van der Waals surface area contributed by atoms with Gasteiger partial charge in [-0.3, -0.25) is 0 Å². The van der Waals surface area contributed by atoms with Crippen LogP contribution >= 0.6 is 0 Å². The van der Waals surface area contributed by atoms with Crippen molar-refractivity contribution in [3.8, 4) is 0 Å². The van der Waals surface area contributed by atoms with Crippen molar-refractivity contribution < 1.29 is 13.2 Å². The number of hydrogen-bond donors (Lipinski definition) is 1. The number of halogens is 3. The number of alkyl halides is 3. The van der Waals surface area contributed by atoms with Gasteiger partial charge < -0.3 is 10.2 Å². The average molecular weight is 278 g/mol. The molecule has 2 rings (SSSR count). The van der Waals surface area contributed by atoms with Gasteiger partial charge in [0.15, 0.2) is 0 Å². The Morgan fingerprint density at radius 2 is 1.74 bits per heavy atom. The van der Waals surface area contributed by atoms with Crippen LogP contribution in [0, 0.1) is 11.8 Å². The SMILES string of the molecule is CC(C)N1CC2CC(NCCCC(F)(F)F)CC2C1. The summed E-state index contributed by atoms with van der Waals surface area (Å²) in [6.45, 7) is 7.30. The van der Waals surface area contributed by atoms with E-state index in [-0.39, 0.29) is 6.42 Å². The Bertz CT molecular complexity index is 277. The fourth-order valence-electron chi connectivity index (χ4n) is 3.52. The zero-order valence-corrected chi connectivity index (χ0v) is 11.8. The minimum atomic E-state index is -4.01. The van der Waals surface area contributed by atoms with Crippen LogP contribution in [0.3, 0.4) is 0 Å². The van der Waals surface area contributed by atoms with E-state index in [0.29, 0.717) is 18.6 Å². The quantitative estimate of drug-likeness (QED) is 0.778. The molecule has 2 aliphatic rings. The predicted octanol–water partition coefficient (Wildman–Crippen LogP) is 3.04. The summed E-state index contributed by atoms with van der Waals surface area (Å²) in [5, 5.41) is 3.31. The Morgan fingerprint density at radius 3 is 2.21 bits per heavy atom. The van der Waals surface area contributed by atoms with Crippen LogP contribution in [0.15, 0.2) is 0 Å². The first-order valence-electron chi connectivity index (χ1n) is 7.39. The maximum absolute atomic E-state index is 12.0. The lowest BCUT2D eigenvalue weighted by Crippen LogP contribution is -2.33. The number of likely N-dealkylation sites (tertiary alicyclic amines) is 1. The standard InChI is InChI=1S/C14H25F3N2/c1-10(2)19-8-11-6-13(7-12(11)9-19)18-5-3-4-14(15,16)17/h10-13,18H,3-9H2,1-2H3. The zero-order chi connectivity index (χ0) is 14.0. The summed E-state index contributed by atoms with van der Waals surface area (Å²) in [6, 6.07) is 1.06. The molecule has 0 aromatic heterocycles. The first kappa shape index (κ1) is 15.1. The summed E-state index contributed by atoms with van der Waals surface area (Å²) in [5.74, 6) is 1.50. The monoisotopic (exact) mass is 278 g/mol. The smallest absolute Gasteiger partial charge is 0.314 e. The lowest BCUT2D eigenvalue weighted by atomic mass is 10.0. The summed E-state index contributed by atoms with van der Waals surface area (Å²) in [7, 11) is 0. The first-order valence-corrected chi connectivity index (χ1v) is 7.39. The van der Waals surface area contributed by atoms with Gasteiger partial charge in [0.05, 0.1) is 0 Å². The fourth-order valence-corrected chi connectivity index (χ4v) is 3.52. The molecule has 2 fully saturated rings. The van der Waals surface area contributed by atoms with Gasteiger partial charge in [-0.1, -0.05) is 0 Å². The van der Waals surface area contributed by atoms with E-state index in [1.54, 1.807) is 0 Å². The molecule has 0 spiro atoms. The minimum Gasteiger partial charge on any atom is -0.314 e. The van der Waals surface area contributed by atoms with Crippen LogP contribution < -0.4 is 5.32 Å². The van der Waals surface area contributed by atoms with Crippen molar-refractivity contribution in [2.45, 2.75) is 57.8 Å². The summed E-state index contributed by atoms with van der Waals surface area (Å²) < 4.78 is 36.1.